The lowest BCUT2D eigenvalue weighted by Gasteiger charge is -2.52. The Labute approximate surface area is 124 Å². The molecule has 21 heavy (non-hydrogen) atoms. The Hall–Kier alpha value is -1.30. The zero-order chi connectivity index (χ0) is 14.9. The molecule has 2 heterocycles. The number of rotatable bonds is 2. The molecule has 2 N–H and O–H groups in total. The van der Waals surface area contributed by atoms with Crippen molar-refractivity contribution < 1.29 is 19.4 Å². The number of carboxylic acid groups (broad SMARTS) is 1. The smallest absolute Gasteiger partial charge is 0.317 e. The number of carbonyl (C=O) groups is 2. The predicted octanol–water partition coefficient (Wildman–Crippen LogP) is 1.45. The van der Waals surface area contributed by atoms with E-state index in [4.69, 9.17) is 9.84 Å². The molecule has 0 atom stereocenters. The Morgan fingerprint density at radius 2 is 1.90 bits per heavy atom. The van der Waals surface area contributed by atoms with Crippen LogP contribution in [-0.4, -0.2) is 54.4 Å². The number of amides is 2. The van der Waals surface area contributed by atoms with Gasteiger partial charge < -0.3 is 20.1 Å². The maximum Gasteiger partial charge on any atom is 0.317 e. The second-order valence-corrected chi connectivity index (χ2v) is 6.85. The molecule has 0 aromatic rings. The highest BCUT2D eigenvalue weighted by Crippen LogP contribution is 2.38. The first-order chi connectivity index (χ1) is 10.1. The van der Waals surface area contributed by atoms with Crippen LogP contribution in [0.4, 0.5) is 4.79 Å². The Morgan fingerprint density at radius 1 is 1.19 bits per heavy atom. The average Bonchev–Trinajstić information content (AvgIpc) is 2.46. The summed E-state index contributed by atoms with van der Waals surface area (Å²) in [5.74, 6) is -0.938. The maximum absolute atomic E-state index is 12.2. The van der Waals surface area contributed by atoms with Crippen molar-refractivity contribution in [1.82, 2.24) is 10.2 Å². The summed E-state index contributed by atoms with van der Waals surface area (Å²) in [5, 5.41) is 12.0. The van der Waals surface area contributed by atoms with Crippen molar-refractivity contribution in [3.63, 3.8) is 0 Å². The van der Waals surface area contributed by atoms with Gasteiger partial charge in [-0.25, -0.2) is 4.79 Å². The van der Waals surface area contributed by atoms with Gasteiger partial charge in [0.05, 0.1) is 12.5 Å². The molecule has 6 heteroatoms. The topological polar surface area (TPSA) is 78.9 Å². The van der Waals surface area contributed by atoms with Crippen molar-refractivity contribution in [2.24, 2.45) is 11.3 Å². The van der Waals surface area contributed by atoms with E-state index < -0.39 is 5.97 Å². The third-order valence-electron chi connectivity index (χ3n) is 5.15. The monoisotopic (exact) mass is 296 g/mol. The van der Waals surface area contributed by atoms with Crippen LogP contribution >= 0.6 is 0 Å². The molecule has 0 aromatic heterocycles. The number of nitrogens with one attached hydrogen (secondary N) is 1. The maximum atomic E-state index is 12.2. The number of hydrogen-bond acceptors (Lipinski definition) is 3. The third-order valence-corrected chi connectivity index (χ3v) is 5.15. The summed E-state index contributed by atoms with van der Waals surface area (Å²) < 4.78 is 5.53. The van der Waals surface area contributed by atoms with Gasteiger partial charge in [0.1, 0.15) is 0 Å². The van der Waals surface area contributed by atoms with Crippen LogP contribution in [0.3, 0.4) is 0 Å². The van der Waals surface area contributed by atoms with E-state index in [9.17, 15) is 9.59 Å². The third kappa shape index (κ3) is 3.15. The van der Waals surface area contributed by atoms with E-state index in [1.54, 1.807) is 0 Å². The first kappa shape index (κ1) is 14.6. The van der Waals surface area contributed by atoms with Crippen molar-refractivity contribution in [2.45, 2.75) is 44.6 Å². The Bertz CT molecular complexity index is 404. The molecule has 2 amide bonds. The first-order valence-electron chi connectivity index (χ1n) is 7.94. The van der Waals surface area contributed by atoms with Crippen molar-refractivity contribution in [2.75, 3.05) is 26.3 Å². The molecule has 2 saturated heterocycles. The summed E-state index contributed by atoms with van der Waals surface area (Å²) in [7, 11) is 0. The Kier molecular flexibility index (Phi) is 4.06. The normalized spacial score (nSPS) is 31.5. The van der Waals surface area contributed by atoms with Crippen LogP contribution in [-0.2, 0) is 9.53 Å². The Balaban J connectivity index is 1.41. The van der Waals surface area contributed by atoms with Gasteiger partial charge in [-0.3, -0.25) is 4.79 Å². The van der Waals surface area contributed by atoms with Crippen molar-refractivity contribution in [1.29, 1.82) is 0 Å². The lowest BCUT2D eigenvalue weighted by Crippen LogP contribution is -2.64. The number of carbonyl (C=O) groups excluding carboxylic acids is 1. The van der Waals surface area contributed by atoms with Gasteiger partial charge in [0, 0.05) is 31.2 Å². The average molecular weight is 296 g/mol. The van der Waals surface area contributed by atoms with Gasteiger partial charge in [-0.2, -0.15) is 0 Å². The van der Waals surface area contributed by atoms with E-state index in [-0.39, 0.29) is 23.4 Å². The lowest BCUT2D eigenvalue weighted by molar-refractivity contribution is -0.142. The molecule has 0 aromatic carbocycles. The van der Waals surface area contributed by atoms with Gasteiger partial charge in [-0.05, 0) is 38.5 Å². The second-order valence-electron chi connectivity index (χ2n) is 6.85. The van der Waals surface area contributed by atoms with Crippen molar-refractivity contribution in [3.8, 4) is 0 Å². The highest BCUT2D eigenvalue weighted by molar-refractivity contribution is 5.76. The van der Waals surface area contributed by atoms with Crippen LogP contribution in [0, 0.1) is 11.3 Å². The number of carboxylic acids is 1. The molecule has 6 nitrogen and oxygen atoms in total. The zero-order valence-corrected chi connectivity index (χ0v) is 12.3. The van der Waals surface area contributed by atoms with Crippen molar-refractivity contribution >= 4 is 12.0 Å². The molecular weight excluding hydrogens is 272 g/mol. The number of ether oxygens (including phenoxy) is 1. The van der Waals surface area contributed by atoms with E-state index in [1.807, 2.05) is 4.90 Å². The number of aliphatic carboxylic acids is 1. The number of likely N-dealkylation sites (tertiary alicyclic amines) is 1. The molecule has 118 valence electrons. The highest BCUT2D eigenvalue weighted by Gasteiger charge is 2.46. The predicted molar refractivity (Wildman–Crippen MR) is 76.0 cm³/mol. The van der Waals surface area contributed by atoms with Gasteiger partial charge >= 0.3 is 12.0 Å². The van der Waals surface area contributed by atoms with Crippen molar-refractivity contribution in [3.05, 3.63) is 0 Å². The number of nitrogens with zero attached hydrogens (tertiary/aromatic N) is 1. The van der Waals surface area contributed by atoms with E-state index in [2.05, 4.69) is 5.32 Å². The molecule has 2 aliphatic heterocycles. The SMILES string of the molecule is O=C(O)C1CCC(NC(=O)N2CC3(CCCOC3)C2)CC1. The fourth-order valence-corrected chi connectivity index (χ4v) is 3.82. The number of hydrogen-bond donors (Lipinski definition) is 2. The van der Waals surface area contributed by atoms with Crippen LogP contribution in [0.1, 0.15) is 38.5 Å². The fraction of sp³-hybridized carbons (Fsp3) is 0.867. The summed E-state index contributed by atoms with van der Waals surface area (Å²) in [5.41, 5.74) is 0.205. The van der Waals surface area contributed by atoms with Gasteiger partial charge in [-0.15, -0.1) is 0 Å². The molecule has 1 saturated carbocycles. The van der Waals surface area contributed by atoms with Crippen LogP contribution in [0.25, 0.3) is 0 Å². The van der Waals surface area contributed by atoms with Gasteiger partial charge in [0.15, 0.2) is 0 Å². The minimum absolute atomic E-state index is 0.00461. The molecule has 3 fully saturated rings. The van der Waals surface area contributed by atoms with Gasteiger partial charge in [0.25, 0.3) is 0 Å². The lowest BCUT2D eigenvalue weighted by atomic mass is 9.75. The molecule has 0 bridgehead atoms. The second kappa shape index (κ2) is 5.83. The molecule has 1 spiro atoms. The van der Waals surface area contributed by atoms with Crippen LogP contribution in [0.5, 0.6) is 0 Å². The molecule has 1 aliphatic carbocycles. The standard InChI is InChI=1S/C15H24N2O4/c18-13(19)11-2-4-12(5-3-11)16-14(20)17-8-15(9-17)6-1-7-21-10-15/h11-12H,1-10H2,(H,16,20)(H,18,19). The zero-order valence-electron chi connectivity index (χ0n) is 12.3. The number of urea groups is 1. The van der Waals surface area contributed by atoms with Crippen LogP contribution in [0.15, 0.2) is 0 Å². The molecular formula is C15H24N2O4. The van der Waals surface area contributed by atoms with E-state index in [1.165, 1.54) is 0 Å². The van der Waals surface area contributed by atoms with E-state index in [0.29, 0.717) is 12.8 Å². The van der Waals surface area contributed by atoms with Crippen LogP contribution in [0.2, 0.25) is 0 Å². The quantitative estimate of drug-likeness (QED) is 0.808. The minimum atomic E-state index is -0.707. The summed E-state index contributed by atoms with van der Waals surface area (Å²) in [6.45, 7) is 3.22. The fourth-order valence-electron chi connectivity index (χ4n) is 3.82. The largest absolute Gasteiger partial charge is 0.481 e. The van der Waals surface area contributed by atoms with Gasteiger partial charge in [0.2, 0.25) is 0 Å². The van der Waals surface area contributed by atoms with E-state index >= 15 is 0 Å². The molecule has 0 unspecified atom stereocenters. The highest BCUT2D eigenvalue weighted by atomic mass is 16.5. The summed E-state index contributed by atoms with van der Waals surface area (Å²) in [4.78, 5) is 25.0. The minimum Gasteiger partial charge on any atom is -0.481 e. The summed E-state index contributed by atoms with van der Waals surface area (Å²) in [6, 6.07) is 0.136. The Morgan fingerprint density at radius 3 is 2.48 bits per heavy atom. The summed E-state index contributed by atoms with van der Waals surface area (Å²) in [6.07, 6.45) is 5.11. The van der Waals surface area contributed by atoms with E-state index in [0.717, 1.165) is 52.0 Å². The molecule has 3 rings (SSSR count). The van der Waals surface area contributed by atoms with Gasteiger partial charge in [-0.1, -0.05) is 0 Å². The molecule has 3 aliphatic rings. The van der Waals surface area contributed by atoms with Crippen LogP contribution < -0.4 is 5.32 Å². The summed E-state index contributed by atoms with van der Waals surface area (Å²) >= 11 is 0. The molecule has 0 radical (unpaired) electrons. The first-order valence-corrected chi connectivity index (χ1v) is 7.94.